The summed E-state index contributed by atoms with van der Waals surface area (Å²) in [5.74, 6) is -0.157. The molecular formula is C16H25N3O2. The van der Waals surface area contributed by atoms with Gasteiger partial charge in [0.15, 0.2) is 0 Å². The summed E-state index contributed by atoms with van der Waals surface area (Å²) >= 11 is 0. The van der Waals surface area contributed by atoms with Crippen LogP contribution in [0.3, 0.4) is 0 Å². The molecule has 1 rings (SSSR count). The third-order valence-corrected chi connectivity index (χ3v) is 3.28. The minimum atomic E-state index is -0.649. The van der Waals surface area contributed by atoms with E-state index in [2.05, 4.69) is 16.0 Å². The Balaban J connectivity index is 2.90. The molecule has 5 nitrogen and oxygen atoms in total. The van der Waals surface area contributed by atoms with Crippen molar-refractivity contribution in [2.24, 2.45) is 0 Å². The molecule has 21 heavy (non-hydrogen) atoms. The third kappa shape index (κ3) is 4.86. The van der Waals surface area contributed by atoms with Crippen molar-refractivity contribution >= 4 is 23.2 Å². The van der Waals surface area contributed by atoms with E-state index in [0.717, 1.165) is 5.56 Å². The Kier molecular flexibility index (Phi) is 5.90. The maximum atomic E-state index is 12.3. The summed E-state index contributed by atoms with van der Waals surface area (Å²) in [6.07, 6.45) is 0.420. The molecule has 1 aromatic carbocycles. The maximum absolute atomic E-state index is 12.3. The van der Waals surface area contributed by atoms with E-state index < -0.39 is 5.54 Å². The highest BCUT2D eigenvalue weighted by Gasteiger charge is 2.26. The van der Waals surface area contributed by atoms with Crippen LogP contribution in [0.1, 0.15) is 39.7 Å². The summed E-state index contributed by atoms with van der Waals surface area (Å²) in [5, 5.41) is 8.84. The lowest BCUT2D eigenvalue weighted by Gasteiger charge is -2.25. The van der Waals surface area contributed by atoms with Crippen LogP contribution >= 0.6 is 0 Å². The normalized spacial score (nSPS) is 11.1. The lowest BCUT2D eigenvalue weighted by atomic mass is 10.0. The number of benzene rings is 1. The van der Waals surface area contributed by atoms with Gasteiger partial charge in [0.1, 0.15) is 0 Å². The first kappa shape index (κ1) is 17.2. The molecule has 0 aromatic heterocycles. The smallest absolute Gasteiger partial charge is 0.244 e. The highest BCUT2D eigenvalue weighted by atomic mass is 16.2. The van der Waals surface area contributed by atoms with Gasteiger partial charge in [-0.3, -0.25) is 9.59 Å². The van der Waals surface area contributed by atoms with Crippen LogP contribution in [-0.2, 0) is 9.59 Å². The highest BCUT2D eigenvalue weighted by molar-refractivity contribution is 5.99. The van der Waals surface area contributed by atoms with Gasteiger partial charge in [-0.05, 0) is 45.0 Å². The monoisotopic (exact) mass is 291 g/mol. The second kappa shape index (κ2) is 7.22. The van der Waals surface area contributed by atoms with Crippen molar-refractivity contribution < 1.29 is 9.59 Å². The minimum absolute atomic E-state index is 0.0518. The third-order valence-electron chi connectivity index (χ3n) is 3.28. The van der Waals surface area contributed by atoms with E-state index in [0.29, 0.717) is 24.3 Å². The number of anilines is 2. The van der Waals surface area contributed by atoms with Crippen molar-refractivity contribution in [3.63, 3.8) is 0 Å². The van der Waals surface area contributed by atoms with E-state index >= 15 is 0 Å². The van der Waals surface area contributed by atoms with E-state index in [1.165, 1.54) is 0 Å². The summed E-state index contributed by atoms with van der Waals surface area (Å²) in [7, 11) is 0. The van der Waals surface area contributed by atoms with Crippen LogP contribution in [0.5, 0.6) is 0 Å². The van der Waals surface area contributed by atoms with Crippen molar-refractivity contribution in [2.75, 3.05) is 17.2 Å². The Labute approximate surface area is 126 Å². The van der Waals surface area contributed by atoms with Crippen molar-refractivity contribution in [1.29, 1.82) is 0 Å². The summed E-state index contributed by atoms with van der Waals surface area (Å²) in [6.45, 7) is 10.1. The number of nitrogens with one attached hydrogen (secondary N) is 3. The van der Waals surface area contributed by atoms with Crippen molar-refractivity contribution in [1.82, 2.24) is 5.32 Å². The van der Waals surface area contributed by atoms with Gasteiger partial charge in [0, 0.05) is 17.8 Å². The van der Waals surface area contributed by atoms with Gasteiger partial charge in [-0.15, -0.1) is 0 Å². The number of carbonyl (C=O) groups excluding carboxylic acids is 2. The Hall–Kier alpha value is -1.88. The molecule has 0 heterocycles. The van der Waals surface area contributed by atoms with Crippen molar-refractivity contribution in [3.8, 4) is 0 Å². The van der Waals surface area contributed by atoms with E-state index in [-0.39, 0.29) is 11.8 Å². The molecule has 0 aliphatic heterocycles. The Morgan fingerprint density at radius 2 is 1.81 bits per heavy atom. The van der Waals surface area contributed by atoms with Gasteiger partial charge in [0.05, 0.1) is 5.54 Å². The first-order chi connectivity index (χ1) is 9.80. The molecule has 0 unspecified atom stereocenters. The van der Waals surface area contributed by atoms with Crippen LogP contribution in [0.15, 0.2) is 18.2 Å². The topological polar surface area (TPSA) is 70.2 Å². The Bertz CT molecular complexity index is 524. The Morgan fingerprint density at radius 3 is 2.38 bits per heavy atom. The highest BCUT2D eigenvalue weighted by Crippen LogP contribution is 2.21. The van der Waals surface area contributed by atoms with Crippen LogP contribution in [0, 0.1) is 6.92 Å². The summed E-state index contributed by atoms with van der Waals surface area (Å²) in [4.78, 5) is 23.7. The summed E-state index contributed by atoms with van der Waals surface area (Å²) in [6, 6.07) is 5.48. The summed E-state index contributed by atoms with van der Waals surface area (Å²) < 4.78 is 0. The average Bonchev–Trinajstić information content (AvgIpc) is 2.42. The molecule has 0 saturated carbocycles. The van der Waals surface area contributed by atoms with Gasteiger partial charge in [-0.25, -0.2) is 0 Å². The van der Waals surface area contributed by atoms with Gasteiger partial charge in [-0.2, -0.15) is 0 Å². The molecule has 116 valence electrons. The fourth-order valence-electron chi connectivity index (χ4n) is 1.88. The van der Waals surface area contributed by atoms with E-state index in [4.69, 9.17) is 0 Å². The fourth-order valence-corrected chi connectivity index (χ4v) is 1.88. The average molecular weight is 291 g/mol. The van der Waals surface area contributed by atoms with Crippen molar-refractivity contribution in [3.05, 3.63) is 23.8 Å². The van der Waals surface area contributed by atoms with Gasteiger partial charge < -0.3 is 16.0 Å². The predicted octanol–water partition coefficient (Wildman–Crippen LogP) is 2.67. The molecule has 0 spiro atoms. The Morgan fingerprint density at radius 1 is 1.14 bits per heavy atom. The lowest BCUT2D eigenvalue weighted by molar-refractivity contribution is -0.121. The zero-order valence-corrected chi connectivity index (χ0v) is 13.5. The van der Waals surface area contributed by atoms with Gasteiger partial charge >= 0.3 is 0 Å². The first-order valence-electron chi connectivity index (χ1n) is 7.27. The number of carbonyl (C=O) groups is 2. The predicted molar refractivity (Wildman–Crippen MR) is 86.5 cm³/mol. The maximum Gasteiger partial charge on any atom is 0.244 e. The molecule has 3 N–H and O–H groups in total. The van der Waals surface area contributed by atoms with Gasteiger partial charge in [0.25, 0.3) is 0 Å². The second-order valence-corrected chi connectivity index (χ2v) is 5.54. The molecule has 0 fully saturated rings. The first-order valence-corrected chi connectivity index (χ1v) is 7.27. The van der Waals surface area contributed by atoms with Crippen LogP contribution in [-0.4, -0.2) is 23.9 Å². The van der Waals surface area contributed by atoms with Crippen LogP contribution in [0.25, 0.3) is 0 Å². The fraction of sp³-hybridized carbons (Fsp3) is 0.500. The molecule has 2 amide bonds. The molecule has 0 saturated heterocycles. The number of likely N-dealkylation sites (N-methyl/N-ethyl adjacent to an activating group) is 1. The number of hydrogen-bond acceptors (Lipinski definition) is 3. The minimum Gasteiger partial charge on any atom is -0.326 e. The molecule has 1 aromatic rings. The largest absolute Gasteiger partial charge is 0.326 e. The van der Waals surface area contributed by atoms with E-state index in [1.807, 2.05) is 39.8 Å². The van der Waals surface area contributed by atoms with Gasteiger partial charge in [-0.1, -0.05) is 19.9 Å². The van der Waals surface area contributed by atoms with E-state index in [1.54, 1.807) is 13.0 Å². The molecular weight excluding hydrogens is 266 g/mol. The zero-order valence-electron chi connectivity index (χ0n) is 13.5. The molecule has 0 aliphatic carbocycles. The molecule has 0 radical (unpaired) electrons. The number of hydrogen-bond donors (Lipinski definition) is 3. The second-order valence-electron chi connectivity index (χ2n) is 5.54. The van der Waals surface area contributed by atoms with Crippen LogP contribution < -0.4 is 16.0 Å². The standard InChI is InChI=1S/C16H25N3O2/c1-6-14(20)18-12-9-8-11(3)13(10-12)19-15(21)16(4,5)17-7-2/h8-10,17H,6-7H2,1-5H3,(H,18,20)(H,19,21). The molecule has 5 heteroatoms. The summed E-state index contributed by atoms with van der Waals surface area (Å²) in [5.41, 5.74) is 1.69. The van der Waals surface area contributed by atoms with Gasteiger partial charge in [0.2, 0.25) is 11.8 Å². The van der Waals surface area contributed by atoms with E-state index in [9.17, 15) is 9.59 Å². The SMILES string of the molecule is CCNC(C)(C)C(=O)Nc1cc(NC(=O)CC)ccc1C. The molecule has 0 bridgehead atoms. The number of aryl methyl sites for hydroxylation is 1. The molecule has 0 aliphatic rings. The lowest BCUT2D eigenvalue weighted by Crippen LogP contribution is -2.49. The van der Waals surface area contributed by atoms with Crippen LogP contribution in [0.4, 0.5) is 11.4 Å². The van der Waals surface area contributed by atoms with Crippen LogP contribution in [0.2, 0.25) is 0 Å². The quantitative estimate of drug-likeness (QED) is 0.754. The molecule has 0 atom stereocenters. The number of amides is 2. The number of rotatable bonds is 6. The van der Waals surface area contributed by atoms with Crippen molar-refractivity contribution in [2.45, 2.75) is 46.6 Å². The zero-order chi connectivity index (χ0) is 16.0.